The molecule has 1 N–H and O–H groups in total. The van der Waals surface area contributed by atoms with Crippen molar-refractivity contribution >= 4 is 19.2 Å². The molecule has 0 radical (unpaired) electrons. The third-order valence-electron chi connectivity index (χ3n) is 3.32. The third kappa shape index (κ3) is 3.63. The normalized spacial score (nSPS) is 12.3. The number of pyridine rings is 1. The quantitative estimate of drug-likeness (QED) is 0.668. The Morgan fingerprint density at radius 3 is 2.52 bits per heavy atom. The summed E-state index contributed by atoms with van der Waals surface area (Å²) in [5.41, 5.74) is 3.93. The fraction of sp³-hybridized carbons (Fsp3) is 0.0526. The van der Waals surface area contributed by atoms with Gasteiger partial charge in [-0.05, 0) is 18.3 Å². The van der Waals surface area contributed by atoms with Crippen molar-refractivity contribution in [1.29, 1.82) is 5.26 Å². The zero-order valence-corrected chi connectivity index (χ0v) is 13.8. The molecule has 0 fully saturated rings. The number of allylic oxidation sites excluding steroid dienone is 4. The van der Waals surface area contributed by atoms with Crippen LogP contribution in [-0.2, 0) is 0 Å². The van der Waals surface area contributed by atoms with Crippen LogP contribution in [0.15, 0.2) is 67.8 Å². The Bertz CT molecular complexity index is 802. The van der Waals surface area contributed by atoms with E-state index in [9.17, 15) is 10.2 Å². The molecular formula is C19H17N2OP. The molecule has 1 aromatic carbocycles. The Morgan fingerprint density at radius 2 is 2.00 bits per heavy atom. The highest BCUT2D eigenvalue weighted by Gasteiger charge is 2.18. The van der Waals surface area contributed by atoms with Crippen molar-refractivity contribution in [1.82, 2.24) is 4.98 Å². The Hall–Kier alpha value is -2.53. The lowest BCUT2D eigenvalue weighted by Crippen LogP contribution is -2.14. The van der Waals surface area contributed by atoms with E-state index in [4.69, 9.17) is 0 Å². The molecule has 0 bridgehead atoms. The first-order chi connectivity index (χ1) is 11.1. The van der Waals surface area contributed by atoms with E-state index >= 15 is 0 Å². The molecule has 1 heterocycles. The van der Waals surface area contributed by atoms with Crippen LogP contribution in [0.2, 0.25) is 0 Å². The molecule has 0 spiro atoms. The molecule has 0 amide bonds. The lowest BCUT2D eigenvalue weighted by Gasteiger charge is -2.14. The van der Waals surface area contributed by atoms with Gasteiger partial charge in [-0.15, -0.1) is 0 Å². The summed E-state index contributed by atoms with van der Waals surface area (Å²) in [5.74, 6) is 0. The molecule has 1 aromatic heterocycles. The van der Waals surface area contributed by atoms with Gasteiger partial charge in [0.05, 0.1) is 19.4 Å². The molecule has 2 aromatic rings. The molecule has 114 valence electrons. The van der Waals surface area contributed by atoms with Crippen molar-refractivity contribution in [2.45, 2.75) is 0 Å². The first kappa shape index (κ1) is 16.8. The average molecular weight is 320 g/mol. The van der Waals surface area contributed by atoms with Crippen LogP contribution in [0.25, 0.3) is 16.8 Å². The van der Waals surface area contributed by atoms with Crippen molar-refractivity contribution in [3.8, 4) is 17.3 Å². The molecule has 1 unspecified atom stereocenters. The summed E-state index contributed by atoms with van der Waals surface area (Å²) in [6, 6.07) is 13.7. The van der Waals surface area contributed by atoms with Gasteiger partial charge in [0.1, 0.15) is 11.5 Å². The fourth-order valence-corrected chi connectivity index (χ4v) is 3.00. The number of hydrogen-bond donors (Lipinski definition) is 1. The van der Waals surface area contributed by atoms with Gasteiger partial charge in [0.2, 0.25) is 0 Å². The van der Waals surface area contributed by atoms with E-state index in [1.807, 2.05) is 36.4 Å². The van der Waals surface area contributed by atoms with Gasteiger partial charge < -0.3 is 4.89 Å². The van der Waals surface area contributed by atoms with Gasteiger partial charge in [-0.2, -0.15) is 5.26 Å². The predicted molar refractivity (Wildman–Crippen MR) is 97.5 cm³/mol. The van der Waals surface area contributed by atoms with Gasteiger partial charge in [0.15, 0.2) is 0 Å². The van der Waals surface area contributed by atoms with Crippen LogP contribution >= 0.6 is 8.15 Å². The minimum Gasteiger partial charge on any atom is -0.368 e. The first-order valence-corrected chi connectivity index (χ1v) is 8.75. The van der Waals surface area contributed by atoms with Crippen molar-refractivity contribution in [3.05, 3.63) is 78.9 Å². The smallest absolute Gasteiger partial charge is 0.109 e. The summed E-state index contributed by atoms with van der Waals surface area (Å²) in [6.45, 7) is 9.17. The maximum absolute atomic E-state index is 10.1. The summed E-state index contributed by atoms with van der Waals surface area (Å²) in [5, 5.41) is 9.54. The number of aromatic nitrogens is 1. The SMILES string of the molecule is C=C/C=C(\C=C)c1cc(-c2ccccc2)nc(P(C)O)c1C#N. The van der Waals surface area contributed by atoms with Crippen molar-refractivity contribution in [2.24, 2.45) is 0 Å². The summed E-state index contributed by atoms with van der Waals surface area (Å²) in [6.07, 6.45) is 5.11. The summed E-state index contributed by atoms with van der Waals surface area (Å²) in [7, 11) is -1.50. The molecule has 0 aliphatic heterocycles. The number of benzene rings is 1. The largest absolute Gasteiger partial charge is 0.368 e. The Labute approximate surface area is 137 Å². The lowest BCUT2D eigenvalue weighted by atomic mass is 9.99. The minimum absolute atomic E-state index is 0.383. The zero-order chi connectivity index (χ0) is 16.8. The maximum Gasteiger partial charge on any atom is 0.109 e. The van der Waals surface area contributed by atoms with E-state index in [0.717, 1.165) is 16.8 Å². The van der Waals surface area contributed by atoms with Crippen LogP contribution in [-0.4, -0.2) is 16.5 Å². The van der Waals surface area contributed by atoms with Gasteiger partial charge in [-0.3, -0.25) is 0 Å². The third-order valence-corrected chi connectivity index (χ3v) is 4.25. The highest BCUT2D eigenvalue weighted by atomic mass is 31.1. The molecule has 23 heavy (non-hydrogen) atoms. The maximum atomic E-state index is 10.1. The summed E-state index contributed by atoms with van der Waals surface area (Å²) >= 11 is 0. The van der Waals surface area contributed by atoms with Gasteiger partial charge in [-0.25, -0.2) is 4.98 Å². The number of nitrogens with zero attached hydrogens (tertiary/aromatic N) is 2. The monoisotopic (exact) mass is 320 g/mol. The average Bonchev–Trinajstić information content (AvgIpc) is 2.59. The van der Waals surface area contributed by atoms with E-state index in [1.165, 1.54) is 0 Å². The first-order valence-electron chi connectivity index (χ1n) is 7.01. The van der Waals surface area contributed by atoms with E-state index in [0.29, 0.717) is 16.6 Å². The second-order valence-electron chi connectivity index (χ2n) is 4.82. The number of hydrogen-bond acceptors (Lipinski definition) is 3. The molecule has 2 rings (SSSR count). The minimum atomic E-state index is -1.50. The summed E-state index contributed by atoms with van der Waals surface area (Å²) in [4.78, 5) is 14.6. The van der Waals surface area contributed by atoms with Crippen molar-refractivity contribution in [3.63, 3.8) is 0 Å². The number of rotatable bonds is 5. The Balaban J connectivity index is 2.81. The van der Waals surface area contributed by atoms with Crippen LogP contribution in [0.5, 0.6) is 0 Å². The van der Waals surface area contributed by atoms with Gasteiger partial charge >= 0.3 is 0 Å². The highest BCUT2D eigenvalue weighted by Crippen LogP contribution is 2.31. The molecular weight excluding hydrogens is 303 g/mol. The molecule has 0 aliphatic carbocycles. The molecule has 0 saturated heterocycles. The van der Waals surface area contributed by atoms with Crippen LogP contribution in [0.1, 0.15) is 11.1 Å². The topological polar surface area (TPSA) is 56.9 Å². The second kappa shape index (κ2) is 7.65. The van der Waals surface area contributed by atoms with E-state index in [2.05, 4.69) is 24.2 Å². The van der Waals surface area contributed by atoms with Gasteiger partial charge in [0.25, 0.3) is 0 Å². The van der Waals surface area contributed by atoms with Crippen LogP contribution in [0.4, 0.5) is 0 Å². The standard InChI is InChI=1S/C19H17N2OP/c1-4-9-14(5-2)16-12-18(15-10-7-6-8-11-15)21-19(23(3)22)17(16)13-20/h4-12,22H,1-2H2,3H3/b14-9+. The van der Waals surface area contributed by atoms with Crippen molar-refractivity contribution < 1.29 is 4.89 Å². The molecule has 3 nitrogen and oxygen atoms in total. The second-order valence-corrected chi connectivity index (χ2v) is 6.29. The predicted octanol–water partition coefficient (Wildman–Crippen LogP) is 4.02. The highest BCUT2D eigenvalue weighted by molar-refractivity contribution is 7.59. The van der Waals surface area contributed by atoms with Crippen LogP contribution in [0, 0.1) is 11.3 Å². The lowest BCUT2D eigenvalue weighted by molar-refractivity contribution is 0.640. The van der Waals surface area contributed by atoms with Crippen LogP contribution < -0.4 is 5.44 Å². The Morgan fingerprint density at radius 1 is 1.30 bits per heavy atom. The van der Waals surface area contributed by atoms with Crippen LogP contribution in [0.3, 0.4) is 0 Å². The molecule has 0 saturated carbocycles. The van der Waals surface area contributed by atoms with E-state index in [-0.39, 0.29) is 0 Å². The number of nitriles is 1. The van der Waals surface area contributed by atoms with Gasteiger partial charge in [-0.1, -0.05) is 61.7 Å². The van der Waals surface area contributed by atoms with E-state index < -0.39 is 8.15 Å². The fourth-order valence-electron chi connectivity index (χ4n) is 2.26. The molecule has 0 aliphatic rings. The molecule has 1 atom stereocenters. The summed E-state index contributed by atoms with van der Waals surface area (Å²) < 4.78 is 0. The molecule has 4 heteroatoms. The zero-order valence-electron chi connectivity index (χ0n) is 12.9. The van der Waals surface area contributed by atoms with Crippen molar-refractivity contribution in [2.75, 3.05) is 6.66 Å². The van der Waals surface area contributed by atoms with Gasteiger partial charge in [0, 0.05) is 11.1 Å². The Kier molecular flexibility index (Phi) is 5.60. The van der Waals surface area contributed by atoms with E-state index in [1.54, 1.807) is 24.9 Å².